The summed E-state index contributed by atoms with van der Waals surface area (Å²) in [7, 11) is 0. The SMILES string of the molecule is CCCNC(=O)CNCC(O)c1ccc(F)cc1F. The van der Waals surface area contributed by atoms with Gasteiger partial charge in [-0.25, -0.2) is 8.78 Å². The predicted molar refractivity (Wildman–Crippen MR) is 67.5 cm³/mol. The second-order valence-electron chi connectivity index (χ2n) is 4.16. The third-order valence-electron chi connectivity index (χ3n) is 2.52. The Hall–Kier alpha value is -1.53. The molecule has 106 valence electrons. The summed E-state index contributed by atoms with van der Waals surface area (Å²) < 4.78 is 26.0. The van der Waals surface area contributed by atoms with Crippen LogP contribution in [0.25, 0.3) is 0 Å². The van der Waals surface area contributed by atoms with E-state index in [-0.39, 0.29) is 24.6 Å². The molecule has 3 N–H and O–H groups in total. The number of hydrogen-bond acceptors (Lipinski definition) is 3. The molecule has 19 heavy (non-hydrogen) atoms. The topological polar surface area (TPSA) is 61.4 Å². The lowest BCUT2D eigenvalue weighted by Crippen LogP contribution is -2.36. The number of halogens is 2. The summed E-state index contributed by atoms with van der Waals surface area (Å²) in [5.74, 6) is -1.68. The first-order valence-electron chi connectivity index (χ1n) is 6.15. The van der Waals surface area contributed by atoms with Gasteiger partial charge in [0.1, 0.15) is 11.6 Å². The highest BCUT2D eigenvalue weighted by molar-refractivity contribution is 5.77. The first-order chi connectivity index (χ1) is 9.04. The molecule has 4 nitrogen and oxygen atoms in total. The summed E-state index contributed by atoms with van der Waals surface area (Å²) in [5.41, 5.74) is 0.00265. The number of benzene rings is 1. The first-order valence-corrected chi connectivity index (χ1v) is 6.15. The van der Waals surface area contributed by atoms with Gasteiger partial charge in [0.2, 0.25) is 5.91 Å². The fraction of sp³-hybridized carbons (Fsp3) is 0.462. The van der Waals surface area contributed by atoms with Crippen LogP contribution < -0.4 is 10.6 Å². The highest BCUT2D eigenvalue weighted by Crippen LogP contribution is 2.17. The Morgan fingerprint density at radius 3 is 2.79 bits per heavy atom. The summed E-state index contributed by atoms with van der Waals surface area (Å²) in [6.07, 6.45) is -0.283. The van der Waals surface area contributed by atoms with Crippen molar-refractivity contribution in [2.45, 2.75) is 19.4 Å². The standard InChI is InChI=1S/C13H18F2N2O2/c1-2-5-17-13(19)8-16-7-12(18)10-4-3-9(14)6-11(10)15/h3-4,6,12,16,18H,2,5,7-8H2,1H3,(H,17,19). The van der Waals surface area contributed by atoms with Crippen molar-refractivity contribution >= 4 is 5.91 Å². The van der Waals surface area contributed by atoms with Crippen LogP contribution in [0.5, 0.6) is 0 Å². The van der Waals surface area contributed by atoms with Gasteiger partial charge in [-0.05, 0) is 12.5 Å². The van der Waals surface area contributed by atoms with E-state index in [9.17, 15) is 18.7 Å². The van der Waals surface area contributed by atoms with Gasteiger partial charge >= 0.3 is 0 Å². The number of hydrogen-bond donors (Lipinski definition) is 3. The van der Waals surface area contributed by atoms with Crippen molar-refractivity contribution in [3.05, 3.63) is 35.4 Å². The zero-order valence-electron chi connectivity index (χ0n) is 10.7. The summed E-state index contributed by atoms with van der Waals surface area (Å²) in [5, 5.41) is 15.1. The van der Waals surface area contributed by atoms with Crippen LogP contribution in [0.2, 0.25) is 0 Å². The third kappa shape index (κ3) is 5.32. The number of nitrogens with one attached hydrogen (secondary N) is 2. The van der Waals surface area contributed by atoms with Crippen molar-refractivity contribution in [1.29, 1.82) is 0 Å². The molecule has 0 aromatic heterocycles. The van der Waals surface area contributed by atoms with E-state index in [1.54, 1.807) is 0 Å². The second-order valence-corrected chi connectivity index (χ2v) is 4.16. The monoisotopic (exact) mass is 272 g/mol. The average Bonchev–Trinajstić information content (AvgIpc) is 2.36. The molecule has 1 atom stereocenters. The van der Waals surface area contributed by atoms with E-state index in [0.29, 0.717) is 12.6 Å². The van der Waals surface area contributed by atoms with Gasteiger partial charge in [-0.3, -0.25) is 4.79 Å². The Labute approximate surface area is 110 Å². The van der Waals surface area contributed by atoms with Crippen molar-refractivity contribution in [2.24, 2.45) is 0 Å². The summed E-state index contributed by atoms with van der Waals surface area (Å²) in [4.78, 5) is 11.3. The fourth-order valence-electron chi connectivity index (χ4n) is 1.53. The molecule has 0 fully saturated rings. The van der Waals surface area contributed by atoms with Gasteiger partial charge in [0, 0.05) is 24.7 Å². The van der Waals surface area contributed by atoms with Crippen molar-refractivity contribution in [2.75, 3.05) is 19.6 Å². The van der Waals surface area contributed by atoms with Crippen molar-refractivity contribution in [3.63, 3.8) is 0 Å². The van der Waals surface area contributed by atoms with Crippen LogP contribution in [0, 0.1) is 11.6 Å². The number of aliphatic hydroxyl groups is 1. The molecule has 1 rings (SSSR count). The Bertz CT molecular complexity index is 427. The molecule has 6 heteroatoms. The summed E-state index contributed by atoms with van der Waals surface area (Å²) in [6.45, 7) is 2.59. The molecular formula is C13H18F2N2O2. The van der Waals surface area contributed by atoms with Crippen LogP contribution in [-0.2, 0) is 4.79 Å². The van der Waals surface area contributed by atoms with Gasteiger partial charge in [-0.15, -0.1) is 0 Å². The lowest BCUT2D eigenvalue weighted by atomic mass is 10.1. The number of aliphatic hydroxyl groups excluding tert-OH is 1. The molecule has 1 unspecified atom stereocenters. The zero-order valence-corrected chi connectivity index (χ0v) is 10.7. The average molecular weight is 272 g/mol. The lowest BCUT2D eigenvalue weighted by Gasteiger charge is -2.13. The Kier molecular flexibility index (Phi) is 6.38. The molecule has 0 bridgehead atoms. The molecule has 0 spiro atoms. The predicted octanol–water partition coefficient (Wildman–Crippen LogP) is 1.11. The Morgan fingerprint density at radius 1 is 1.42 bits per heavy atom. The van der Waals surface area contributed by atoms with Gasteiger partial charge in [-0.2, -0.15) is 0 Å². The van der Waals surface area contributed by atoms with Gasteiger partial charge < -0.3 is 15.7 Å². The van der Waals surface area contributed by atoms with E-state index in [4.69, 9.17) is 0 Å². The molecule has 1 aromatic carbocycles. The van der Waals surface area contributed by atoms with Gasteiger partial charge in [-0.1, -0.05) is 13.0 Å². The van der Waals surface area contributed by atoms with Crippen LogP contribution in [0.15, 0.2) is 18.2 Å². The van der Waals surface area contributed by atoms with E-state index >= 15 is 0 Å². The largest absolute Gasteiger partial charge is 0.387 e. The summed E-state index contributed by atoms with van der Waals surface area (Å²) >= 11 is 0. The highest BCUT2D eigenvalue weighted by atomic mass is 19.1. The summed E-state index contributed by atoms with van der Waals surface area (Å²) in [6, 6.07) is 2.98. The molecule has 0 aliphatic heterocycles. The van der Waals surface area contributed by atoms with Crippen LogP contribution in [0.3, 0.4) is 0 Å². The van der Waals surface area contributed by atoms with Gasteiger partial charge in [0.15, 0.2) is 0 Å². The third-order valence-corrected chi connectivity index (χ3v) is 2.52. The number of carbonyl (C=O) groups excluding carboxylic acids is 1. The van der Waals surface area contributed by atoms with Crippen LogP contribution in [-0.4, -0.2) is 30.6 Å². The smallest absolute Gasteiger partial charge is 0.233 e. The minimum Gasteiger partial charge on any atom is -0.387 e. The minimum absolute atomic E-state index is 0.00265. The van der Waals surface area contributed by atoms with E-state index in [1.165, 1.54) is 6.07 Å². The molecule has 0 heterocycles. The zero-order chi connectivity index (χ0) is 14.3. The molecule has 1 aromatic rings. The molecule has 0 saturated heterocycles. The van der Waals surface area contributed by atoms with E-state index in [0.717, 1.165) is 12.5 Å². The fourth-order valence-corrected chi connectivity index (χ4v) is 1.53. The van der Waals surface area contributed by atoms with E-state index in [1.807, 2.05) is 6.92 Å². The molecule has 0 aliphatic carbocycles. The van der Waals surface area contributed by atoms with Gasteiger partial charge in [0.25, 0.3) is 0 Å². The molecule has 0 aliphatic rings. The van der Waals surface area contributed by atoms with Gasteiger partial charge in [0.05, 0.1) is 12.6 Å². The van der Waals surface area contributed by atoms with Crippen molar-refractivity contribution in [1.82, 2.24) is 10.6 Å². The maximum Gasteiger partial charge on any atom is 0.233 e. The Morgan fingerprint density at radius 2 is 2.16 bits per heavy atom. The minimum atomic E-state index is -1.13. The first kappa shape index (κ1) is 15.5. The number of amides is 1. The Balaban J connectivity index is 2.38. The van der Waals surface area contributed by atoms with Crippen LogP contribution >= 0.6 is 0 Å². The normalized spacial score (nSPS) is 12.2. The van der Waals surface area contributed by atoms with Crippen molar-refractivity contribution < 1.29 is 18.7 Å². The lowest BCUT2D eigenvalue weighted by molar-refractivity contribution is -0.120. The molecule has 0 saturated carbocycles. The van der Waals surface area contributed by atoms with E-state index in [2.05, 4.69) is 10.6 Å². The number of rotatable bonds is 7. The van der Waals surface area contributed by atoms with Crippen molar-refractivity contribution in [3.8, 4) is 0 Å². The maximum atomic E-state index is 13.3. The second kappa shape index (κ2) is 7.81. The highest BCUT2D eigenvalue weighted by Gasteiger charge is 2.13. The molecule has 1 amide bonds. The van der Waals surface area contributed by atoms with Crippen LogP contribution in [0.1, 0.15) is 25.0 Å². The molecule has 0 radical (unpaired) electrons. The maximum absolute atomic E-state index is 13.3. The van der Waals surface area contributed by atoms with E-state index < -0.39 is 17.7 Å². The molecular weight excluding hydrogens is 254 g/mol. The quantitative estimate of drug-likeness (QED) is 0.697. The number of carbonyl (C=O) groups is 1. The van der Waals surface area contributed by atoms with Crippen LogP contribution in [0.4, 0.5) is 8.78 Å².